The fraction of sp³-hybridized carbons (Fsp3) is 0.429. The van der Waals surface area contributed by atoms with E-state index in [0.29, 0.717) is 19.1 Å². The fourth-order valence-electron chi connectivity index (χ4n) is 3.15. The molecule has 0 bridgehead atoms. The maximum absolute atomic E-state index is 5.86. The summed E-state index contributed by atoms with van der Waals surface area (Å²) in [6, 6.07) is 13.9. The van der Waals surface area contributed by atoms with Crippen LogP contribution in [0.2, 0.25) is 0 Å². The summed E-state index contributed by atoms with van der Waals surface area (Å²) in [6.45, 7) is 3.82. The minimum absolute atomic E-state index is 0.464. The molecule has 27 heavy (non-hydrogen) atoms. The summed E-state index contributed by atoms with van der Waals surface area (Å²) in [7, 11) is 3.89. The maximum Gasteiger partial charge on any atom is 0.193 e. The number of hydrogen-bond acceptors (Lipinski definition) is 4. The minimum Gasteiger partial charge on any atom is -0.487 e. The largest absolute Gasteiger partial charge is 0.487 e. The first kappa shape index (κ1) is 19.2. The predicted octanol–water partition coefficient (Wildman–Crippen LogP) is 2.70. The van der Waals surface area contributed by atoms with Crippen LogP contribution in [0.4, 0.5) is 0 Å². The molecule has 2 aromatic rings. The van der Waals surface area contributed by atoms with Gasteiger partial charge in [0.15, 0.2) is 5.96 Å². The van der Waals surface area contributed by atoms with E-state index in [4.69, 9.17) is 9.47 Å². The SMILES string of the molecule is CN=C(NCc1cccc(OCc2ccccn2)c1)N(C)CC1CCOC1. The summed E-state index contributed by atoms with van der Waals surface area (Å²) < 4.78 is 11.3. The van der Waals surface area contributed by atoms with E-state index >= 15 is 0 Å². The van der Waals surface area contributed by atoms with Gasteiger partial charge in [-0.3, -0.25) is 9.98 Å². The zero-order chi connectivity index (χ0) is 18.9. The second-order valence-corrected chi connectivity index (χ2v) is 6.77. The number of aliphatic imine (C=N–C) groups is 1. The Balaban J connectivity index is 1.50. The second kappa shape index (κ2) is 9.92. The number of benzene rings is 1. The van der Waals surface area contributed by atoms with Crippen molar-refractivity contribution in [1.82, 2.24) is 15.2 Å². The van der Waals surface area contributed by atoms with Gasteiger partial charge in [0.2, 0.25) is 0 Å². The first-order valence-electron chi connectivity index (χ1n) is 9.36. The van der Waals surface area contributed by atoms with Crippen LogP contribution in [0.25, 0.3) is 0 Å². The maximum atomic E-state index is 5.86. The Morgan fingerprint density at radius 1 is 1.33 bits per heavy atom. The van der Waals surface area contributed by atoms with Gasteiger partial charge in [0.05, 0.1) is 12.3 Å². The molecule has 1 aliphatic rings. The molecule has 0 saturated carbocycles. The zero-order valence-corrected chi connectivity index (χ0v) is 16.1. The van der Waals surface area contributed by atoms with Crippen LogP contribution in [0.1, 0.15) is 17.7 Å². The molecule has 1 saturated heterocycles. The molecule has 1 fully saturated rings. The summed E-state index contributed by atoms with van der Waals surface area (Å²) in [5, 5.41) is 3.43. The molecular formula is C21H28N4O2. The van der Waals surface area contributed by atoms with E-state index in [1.807, 2.05) is 43.4 Å². The van der Waals surface area contributed by atoms with Crippen LogP contribution in [-0.2, 0) is 17.9 Å². The van der Waals surface area contributed by atoms with Crippen LogP contribution >= 0.6 is 0 Å². The molecular weight excluding hydrogens is 340 g/mol. The Kier molecular flexibility index (Phi) is 7.04. The Hall–Kier alpha value is -2.60. The molecule has 0 amide bonds. The highest BCUT2D eigenvalue weighted by Gasteiger charge is 2.19. The molecule has 1 aliphatic heterocycles. The number of guanidine groups is 1. The summed E-state index contributed by atoms with van der Waals surface area (Å²) >= 11 is 0. The second-order valence-electron chi connectivity index (χ2n) is 6.77. The normalized spacial score (nSPS) is 17.0. The van der Waals surface area contributed by atoms with Crippen molar-refractivity contribution in [1.29, 1.82) is 0 Å². The molecule has 1 unspecified atom stereocenters. The van der Waals surface area contributed by atoms with Gasteiger partial charge in [0.1, 0.15) is 12.4 Å². The molecule has 144 valence electrons. The van der Waals surface area contributed by atoms with Crippen LogP contribution in [0, 0.1) is 5.92 Å². The summed E-state index contributed by atoms with van der Waals surface area (Å²) in [5.74, 6) is 2.31. The Morgan fingerprint density at radius 2 is 2.26 bits per heavy atom. The molecule has 0 spiro atoms. The number of nitrogens with zero attached hydrogens (tertiary/aromatic N) is 3. The summed E-state index contributed by atoms with van der Waals surface area (Å²) in [6.07, 6.45) is 2.90. The standard InChI is InChI=1S/C21H28N4O2/c1-22-21(25(2)14-18-9-11-26-15-18)24-13-17-6-5-8-20(12-17)27-16-19-7-3-4-10-23-19/h3-8,10,12,18H,9,11,13-16H2,1-2H3,(H,22,24). The molecule has 1 atom stereocenters. The highest BCUT2D eigenvalue weighted by atomic mass is 16.5. The number of aromatic nitrogens is 1. The first-order chi connectivity index (χ1) is 13.2. The van der Waals surface area contributed by atoms with Gasteiger partial charge < -0.3 is 19.7 Å². The van der Waals surface area contributed by atoms with Gasteiger partial charge in [-0.2, -0.15) is 0 Å². The Bertz CT molecular complexity index is 730. The Morgan fingerprint density at radius 3 is 3.00 bits per heavy atom. The molecule has 0 aliphatic carbocycles. The smallest absolute Gasteiger partial charge is 0.193 e. The van der Waals surface area contributed by atoms with Crippen molar-refractivity contribution in [3.63, 3.8) is 0 Å². The number of nitrogens with one attached hydrogen (secondary N) is 1. The fourth-order valence-corrected chi connectivity index (χ4v) is 3.15. The Labute approximate surface area is 161 Å². The van der Waals surface area contributed by atoms with Gasteiger partial charge in [0, 0.05) is 45.9 Å². The van der Waals surface area contributed by atoms with Crippen LogP contribution in [0.3, 0.4) is 0 Å². The van der Waals surface area contributed by atoms with Gasteiger partial charge in [-0.05, 0) is 36.2 Å². The lowest BCUT2D eigenvalue weighted by Crippen LogP contribution is -2.41. The monoisotopic (exact) mass is 368 g/mol. The molecule has 0 radical (unpaired) electrons. The lowest BCUT2D eigenvalue weighted by Gasteiger charge is -2.24. The topological polar surface area (TPSA) is 59.0 Å². The highest BCUT2D eigenvalue weighted by Crippen LogP contribution is 2.15. The molecule has 1 aromatic carbocycles. The van der Waals surface area contributed by atoms with Crippen molar-refractivity contribution >= 4 is 5.96 Å². The van der Waals surface area contributed by atoms with Gasteiger partial charge in [-0.1, -0.05) is 18.2 Å². The average molecular weight is 368 g/mol. The van der Waals surface area contributed by atoms with Gasteiger partial charge >= 0.3 is 0 Å². The predicted molar refractivity (Wildman–Crippen MR) is 107 cm³/mol. The van der Waals surface area contributed by atoms with Crippen molar-refractivity contribution < 1.29 is 9.47 Å². The minimum atomic E-state index is 0.464. The molecule has 1 N–H and O–H groups in total. The molecule has 2 heterocycles. The number of ether oxygens (including phenoxy) is 2. The summed E-state index contributed by atoms with van der Waals surface area (Å²) in [5.41, 5.74) is 2.06. The molecule has 6 heteroatoms. The summed E-state index contributed by atoms with van der Waals surface area (Å²) in [4.78, 5) is 10.8. The van der Waals surface area contributed by atoms with Crippen molar-refractivity contribution in [3.8, 4) is 5.75 Å². The van der Waals surface area contributed by atoms with Gasteiger partial charge in [-0.25, -0.2) is 0 Å². The first-order valence-corrected chi connectivity index (χ1v) is 9.36. The van der Waals surface area contributed by atoms with Crippen molar-refractivity contribution in [2.75, 3.05) is 33.9 Å². The van der Waals surface area contributed by atoms with E-state index in [-0.39, 0.29) is 0 Å². The molecule has 6 nitrogen and oxygen atoms in total. The van der Waals surface area contributed by atoms with Crippen molar-refractivity contribution in [2.24, 2.45) is 10.9 Å². The highest BCUT2D eigenvalue weighted by molar-refractivity contribution is 5.79. The average Bonchev–Trinajstić information content (AvgIpc) is 3.21. The third kappa shape index (κ3) is 5.96. The van der Waals surface area contributed by atoms with Crippen LogP contribution in [0.15, 0.2) is 53.7 Å². The quantitative estimate of drug-likeness (QED) is 0.601. The van der Waals surface area contributed by atoms with E-state index in [2.05, 4.69) is 33.3 Å². The lowest BCUT2D eigenvalue weighted by atomic mass is 10.1. The number of rotatable bonds is 7. The van der Waals surface area contributed by atoms with Gasteiger partial charge in [-0.15, -0.1) is 0 Å². The van der Waals surface area contributed by atoms with Crippen LogP contribution in [0.5, 0.6) is 5.75 Å². The van der Waals surface area contributed by atoms with E-state index < -0.39 is 0 Å². The number of hydrogen-bond donors (Lipinski definition) is 1. The third-order valence-corrected chi connectivity index (χ3v) is 4.59. The van der Waals surface area contributed by atoms with E-state index in [0.717, 1.165) is 49.1 Å². The van der Waals surface area contributed by atoms with Crippen LogP contribution < -0.4 is 10.1 Å². The van der Waals surface area contributed by atoms with E-state index in [9.17, 15) is 0 Å². The molecule has 3 rings (SSSR count). The van der Waals surface area contributed by atoms with Crippen LogP contribution in [-0.4, -0.2) is 49.7 Å². The van der Waals surface area contributed by atoms with Crippen molar-refractivity contribution in [3.05, 3.63) is 59.9 Å². The van der Waals surface area contributed by atoms with Gasteiger partial charge in [0.25, 0.3) is 0 Å². The van der Waals surface area contributed by atoms with E-state index in [1.54, 1.807) is 6.20 Å². The van der Waals surface area contributed by atoms with E-state index in [1.165, 1.54) is 0 Å². The van der Waals surface area contributed by atoms with Crippen molar-refractivity contribution in [2.45, 2.75) is 19.6 Å². The number of pyridine rings is 1. The third-order valence-electron chi connectivity index (χ3n) is 4.59. The molecule has 1 aromatic heterocycles. The lowest BCUT2D eigenvalue weighted by molar-refractivity contribution is 0.181. The zero-order valence-electron chi connectivity index (χ0n) is 16.1.